The van der Waals surface area contributed by atoms with Crippen LogP contribution in [0.2, 0.25) is 0 Å². The predicted molar refractivity (Wildman–Crippen MR) is 118 cm³/mol. The van der Waals surface area contributed by atoms with Gasteiger partial charge in [-0.3, -0.25) is 4.90 Å². The SMILES string of the molecule is COc1cccc(C(CNCc2ccc(N3CCOCC3)cc2)N2CCCC2)c1. The van der Waals surface area contributed by atoms with Gasteiger partial charge in [0.1, 0.15) is 5.75 Å². The highest BCUT2D eigenvalue weighted by Crippen LogP contribution is 2.27. The second kappa shape index (κ2) is 10.1. The molecule has 2 aliphatic heterocycles. The van der Waals surface area contributed by atoms with Crippen molar-refractivity contribution < 1.29 is 9.47 Å². The second-order valence-corrected chi connectivity index (χ2v) is 7.93. The lowest BCUT2D eigenvalue weighted by Crippen LogP contribution is -2.36. The first kappa shape index (κ1) is 20.2. The summed E-state index contributed by atoms with van der Waals surface area (Å²) in [6, 6.07) is 17.9. The van der Waals surface area contributed by atoms with E-state index in [-0.39, 0.29) is 0 Å². The Kier molecular flexibility index (Phi) is 7.04. The van der Waals surface area contributed by atoms with Crippen molar-refractivity contribution in [2.45, 2.75) is 25.4 Å². The summed E-state index contributed by atoms with van der Waals surface area (Å²) in [7, 11) is 1.74. The molecule has 5 nitrogen and oxygen atoms in total. The second-order valence-electron chi connectivity index (χ2n) is 7.93. The molecule has 2 aromatic rings. The topological polar surface area (TPSA) is 37.0 Å². The van der Waals surface area contributed by atoms with Crippen LogP contribution in [0.15, 0.2) is 48.5 Å². The molecule has 5 heteroatoms. The zero-order valence-corrected chi connectivity index (χ0v) is 17.5. The summed E-state index contributed by atoms with van der Waals surface area (Å²) in [5.41, 5.74) is 3.96. The highest BCUT2D eigenvalue weighted by atomic mass is 16.5. The number of nitrogens with zero attached hydrogens (tertiary/aromatic N) is 2. The number of morpholine rings is 1. The Morgan fingerprint density at radius 2 is 1.76 bits per heavy atom. The number of rotatable bonds is 8. The van der Waals surface area contributed by atoms with Crippen LogP contribution in [0.4, 0.5) is 5.69 Å². The number of hydrogen-bond donors (Lipinski definition) is 1. The molecule has 0 saturated carbocycles. The van der Waals surface area contributed by atoms with Crippen LogP contribution in [-0.2, 0) is 11.3 Å². The van der Waals surface area contributed by atoms with Gasteiger partial charge in [-0.1, -0.05) is 24.3 Å². The number of nitrogens with one attached hydrogen (secondary N) is 1. The maximum Gasteiger partial charge on any atom is 0.119 e. The zero-order chi connectivity index (χ0) is 19.9. The van der Waals surface area contributed by atoms with Crippen LogP contribution in [0.5, 0.6) is 5.75 Å². The van der Waals surface area contributed by atoms with Crippen molar-refractivity contribution >= 4 is 5.69 Å². The molecule has 156 valence electrons. The van der Waals surface area contributed by atoms with Gasteiger partial charge in [-0.05, 0) is 61.3 Å². The lowest BCUT2D eigenvalue weighted by Gasteiger charge is -2.29. The van der Waals surface area contributed by atoms with Gasteiger partial charge in [0.2, 0.25) is 0 Å². The van der Waals surface area contributed by atoms with Crippen molar-refractivity contribution in [1.29, 1.82) is 0 Å². The van der Waals surface area contributed by atoms with E-state index in [4.69, 9.17) is 9.47 Å². The number of hydrogen-bond acceptors (Lipinski definition) is 5. The third-order valence-corrected chi connectivity index (χ3v) is 6.04. The molecule has 4 rings (SSSR count). The van der Waals surface area contributed by atoms with Gasteiger partial charge in [0.25, 0.3) is 0 Å². The van der Waals surface area contributed by atoms with Crippen LogP contribution >= 0.6 is 0 Å². The van der Waals surface area contributed by atoms with Gasteiger partial charge in [0, 0.05) is 37.9 Å². The maximum absolute atomic E-state index is 5.45. The van der Waals surface area contributed by atoms with E-state index in [1.54, 1.807) is 7.11 Å². The maximum atomic E-state index is 5.45. The lowest BCUT2D eigenvalue weighted by molar-refractivity contribution is 0.122. The third-order valence-electron chi connectivity index (χ3n) is 6.04. The molecule has 2 heterocycles. The van der Waals surface area contributed by atoms with Crippen molar-refractivity contribution in [3.63, 3.8) is 0 Å². The van der Waals surface area contributed by atoms with Gasteiger partial charge >= 0.3 is 0 Å². The minimum absolute atomic E-state index is 0.389. The summed E-state index contributed by atoms with van der Waals surface area (Å²) >= 11 is 0. The summed E-state index contributed by atoms with van der Waals surface area (Å²) in [6.07, 6.45) is 2.59. The normalized spacial score (nSPS) is 18.7. The first-order valence-corrected chi connectivity index (χ1v) is 10.8. The van der Waals surface area contributed by atoms with E-state index >= 15 is 0 Å². The quantitative estimate of drug-likeness (QED) is 0.741. The fourth-order valence-electron chi connectivity index (χ4n) is 4.36. The van der Waals surface area contributed by atoms with E-state index in [0.717, 1.165) is 45.1 Å². The van der Waals surface area contributed by atoms with Crippen molar-refractivity contribution in [1.82, 2.24) is 10.2 Å². The number of benzene rings is 2. The van der Waals surface area contributed by atoms with Crippen LogP contribution < -0.4 is 15.0 Å². The molecule has 2 aliphatic rings. The van der Waals surface area contributed by atoms with E-state index in [1.807, 2.05) is 6.07 Å². The molecule has 29 heavy (non-hydrogen) atoms. The molecule has 2 aromatic carbocycles. The molecule has 0 spiro atoms. The molecule has 0 aliphatic carbocycles. The highest BCUT2D eigenvalue weighted by molar-refractivity contribution is 5.47. The van der Waals surface area contributed by atoms with E-state index in [2.05, 4.69) is 57.6 Å². The van der Waals surface area contributed by atoms with Gasteiger partial charge in [-0.2, -0.15) is 0 Å². The number of likely N-dealkylation sites (tertiary alicyclic amines) is 1. The van der Waals surface area contributed by atoms with Gasteiger partial charge < -0.3 is 19.7 Å². The van der Waals surface area contributed by atoms with Gasteiger partial charge in [0.15, 0.2) is 0 Å². The van der Waals surface area contributed by atoms with Gasteiger partial charge in [-0.15, -0.1) is 0 Å². The summed E-state index contributed by atoms with van der Waals surface area (Å²) in [5, 5.41) is 3.70. The fraction of sp³-hybridized carbons (Fsp3) is 0.500. The van der Waals surface area contributed by atoms with Gasteiger partial charge in [-0.25, -0.2) is 0 Å². The molecule has 1 N–H and O–H groups in total. The van der Waals surface area contributed by atoms with Crippen LogP contribution in [-0.4, -0.2) is 57.9 Å². The summed E-state index contributed by atoms with van der Waals surface area (Å²) in [4.78, 5) is 5.00. The number of anilines is 1. The molecule has 0 aromatic heterocycles. The minimum atomic E-state index is 0.389. The van der Waals surface area contributed by atoms with Crippen LogP contribution in [0.3, 0.4) is 0 Å². The molecular formula is C24H33N3O2. The van der Waals surface area contributed by atoms with Crippen molar-refractivity contribution in [3.8, 4) is 5.75 Å². The Balaban J connectivity index is 1.36. The smallest absolute Gasteiger partial charge is 0.119 e. The van der Waals surface area contributed by atoms with E-state index < -0.39 is 0 Å². The molecule has 0 radical (unpaired) electrons. The number of ether oxygens (including phenoxy) is 2. The Morgan fingerprint density at radius 3 is 2.48 bits per heavy atom. The Morgan fingerprint density at radius 1 is 1.00 bits per heavy atom. The zero-order valence-electron chi connectivity index (χ0n) is 17.5. The van der Waals surface area contributed by atoms with E-state index in [0.29, 0.717) is 6.04 Å². The molecule has 0 bridgehead atoms. The first-order chi connectivity index (χ1) is 14.3. The Hall–Kier alpha value is -2.08. The summed E-state index contributed by atoms with van der Waals surface area (Å²) in [6.45, 7) is 7.80. The largest absolute Gasteiger partial charge is 0.497 e. The van der Waals surface area contributed by atoms with Crippen LogP contribution in [0, 0.1) is 0 Å². The van der Waals surface area contributed by atoms with Crippen LogP contribution in [0.25, 0.3) is 0 Å². The molecule has 1 unspecified atom stereocenters. The van der Waals surface area contributed by atoms with Crippen molar-refractivity contribution in [2.75, 3.05) is 57.9 Å². The third kappa shape index (κ3) is 5.30. The molecular weight excluding hydrogens is 362 g/mol. The standard InChI is InChI=1S/C24H33N3O2/c1-28-23-6-4-5-21(17-23)24(27-11-2-3-12-27)19-25-18-20-7-9-22(10-8-20)26-13-15-29-16-14-26/h4-10,17,24-25H,2-3,11-16,18-19H2,1H3. The first-order valence-electron chi connectivity index (χ1n) is 10.8. The minimum Gasteiger partial charge on any atom is -0.497 e. The average Bonchev–Trinajstić information content (AvgIpc) is 3.32. The summed E-state index contributed by atoms with van der Waals surface area (Å²) in [5.74, 6) is 0.936. The van der Waals surface area contributed by atoms with Crippen molar-refractivity contribution in [2.24, 2.45) is 0 Å². The highest BCUT2D eigenvalue weighted by Gasteiger charge is 2.23. The molecule has 2 fully saturated rings. The lowest BCUT2D eigenvalue weighted by atomic mass is 10.0. The Bertz CT molecular complexity index is 753. The molecule has 2 saturated heterocycles. The molecule has 0 amide bonds. The van der Waals surface area contributed by atoms with Crippen molar-refractivity contribution in [3.05, 3.63) is 59.7 Å². The van der Waals surface area contributed by atoms with Gasteiger partial charge in [0.05, 0.1) is 20.3 Å². The number of methoxy groups -OCH3 is 1. The van der Waals surface area contributed by atoms with E-state index in [1.165, 1.54) is 42.7 Å². The average molecular weight is 396 g/mol. The fourth-order valence-corrected chi connectivity index (χ4v) is 4.36. The molecule has 1 atom stereocenters. The predicted octanol–water partition coefficient (Wildman–Crippen LogP) is 3.46. The van der Waals surface area contributed by atoms with E-state index in [9.17, 15) is 0 Å². The Labute approximate surface area is 174 Å². The summed E-state index contributed by atoms with van der Waals surface area (Å²) < 4.78 is 10.9. The monoisotopic (exact) mass is 395 g/mol. The van der Waals surface area contributed by atoms with Crippen LogP contribution in [0.1, 0.15) is 30.0 Å².